The van der Waals surface area contributed by atoms with Crippen LogP contribution in [0.2, 0.25) is 0 Å². The van der Waals surface area contributed by atoms with Crippen LogP contribution in [-0.4, -0.2) is 22.0 Å². The van der Waals surface area contributed by atoms with E-state index >= 15 is 0 Å². The molecule has 0 aliphatic carbocycles. The summed E-state index contributed by atoms with van der Waals surface area (Å²) >= 11 is 0. The Morgan fingerprint density at radius 3 is 2.54 bits per heavy atom. The third kappa shape index (κ3) is 4.45. The molecule has 26 heavy (non-hydrogen) atoms. The molecule has 0 spiro atoms. The summed E-state index contributed by atoms with van der Waals surface area (Å²) in [6, 6.07) is 14.8. The van der Waals surface area contributed by atoms with Crippen LogP contribution in [-0.2, 0) is 6.54 Å². The number of pyridine rings is 2. The lowest BCUT2D eigenvalue weighted by atomic mass is 10.1. The second-order valence-electron chi connectivity index (χ2n) is 6.13. The van der Waals surface area contributed by atoms with Gasteiger partial charge in [0, 0.05) is 36.3 Å². The molecule has 0 saturated heterocycles. The highest BCUT2D eigenvalue weighted by Gasteiger charge is 2.10. The van der Waals surface area contributed by atoms with Gasteiger partial charge < -0.3 is 10.1 Å². The smallest absolute Gasteiger partial charge is 0.251 e. The predicted octanol–water partition coefficient (Wildman–Crippen LogP) is 3.86. The van der Waals surface area contributed by atoms with Crippen LogP contribution in [0.3, 0.4) is 0 Å². The number of rotatable bonds is 6. The van der Waals surface area contributed by atoms with Crippen LogP contribution < -0.4 is 10.1 Å². The molecule has 5 nitrogen and oxygen atoms in total. The molecule has 1 amide bonds. The molecule has 0 atom stereocenters. The molecule has 0 bridgehead atoms. The highest BCUT2D eigenvalue weighted by Crippen LogP contribution is 2.20. The maximum atomic E-state index is 12.4. The molecule has 3 aromatic rings. The molecular formula is C21H21N3O2. The van der Waals surface area contributed by atoms with Gasteiger partial charge in [-0.25, -0.2) is 0 Å². The minimum atomic E-state index is -0.137. The summed E-state index contributed by atoms with van der Waals surface area (Å²) in [4.78, 5) is 21.0. The molecule has 0 radical (unpaired) electrons. The first-order valence-corrected chi connectivity index (χ1v) is 8.52. The maximum absolute atomic E-state index is 12.4. The Balaban J connectivity index is 1.69. The van der Waals surface area contributed by atoms with Crippen LogP contribution in [0.4, 0.5) is 0 Å². The van der Waals surface area contributed by atoms with Crippen molar-refractivity contribution >= 4 is 5.91 Å². The van der Waals surface area contributed by atoms with E-state index in [4.69, 9.17) is 4.74 Å². The number of carbonyl (C=O) groups excluding carboxylic acids is 1. The van der Waals surface area contributed by atoms with Gasteiger partial charge in [0.2, 0.25) is 0 Å². The van der Waals surface area contributed by atoms with Crippen LogP contribution in [0.15, 0.2) is 67.1 Å². The number of nitrogens with one attached hydrogen (secondary N) is 1. The fourth-order valence-electron chi connectivity index (χ4n) is 2.58. The zero-order valence-corrected chi connectivity index (χ0v) is 14.8. The van der Waals surface area contributed by atoms with Crippen molar-refractivity contribution < 1.29 is 9.53 Å². The summed E-state index contributed by atoms with van der Waals surface area (Å²) in [7, 11) is 0. The lowest BCUT2D eigenvalue weighted by Crippen LogP contribution is -2.23. The van der Waals surface area contributed by atoms with Crippen molar-refractivity contribution in [3.05, 3.63) is 78.2 Å². The molecule has 0 fully saturated rings. The van der Waals surface area contributed by atoms with E-state index in [1.807, 2.05) is 38.1 Å². The van der Waals surface area contributed by atoms with Crippen molar-refractivity contribution in [3.8, 4) is 17.0 Å². The van der Waals surface area contributed by atoms with Gasteiger partial charge in [0.05, 0.1) is 11.8 Å². The zero-order valence-electron chi connectivity index (χ0n) is 14.8. The van der Waals surface area contributed by atoms with Gasteiger partial charge in [-0.3, -0.25) is 14.8 Å². The normalized spacial score (nSPS) is 10.6. The molecule has 0 saturated carbocycles. The van der Waals surface area contributed by atoms with Gasteiger partial charge in [0.25, 0.3) is 5.91 Å². The zero-order chi connectivity index (χ0) is 18.4. The lowest BCUT2D eigenvalue weighted by molar-refractivity contribution is 0.0951. The van der Waals surface area contributed by atoms with Gasteiger partial charge in [0.1, 0.15) is 5.75 Å². The Labute approximate surface area is 153 Å². The monoisotopic (exact) mass is 347 g/mol. The first kappa shape index (κ1) is 17.6. The highest BCUT2D eigenvalue weighted by molar-refractivity contribution is 5.94. The minimum absolute atomic E-state index is 0.103. The SMILES string of the molecule is CC(C)Oc1ccc(C(=O)NCc2cccnc2-c2cccnc2)cc1. The average molecular weight is 347 g/mol. The number of carbonyl (C=O) groups is 1. The summed E-state index contributed by atoms with van der Waals surface area (Å²) in [6.45, 7) is 4.32. The molecule has 3 rings (SSSR count). The molecule has 1 N–H and O–H groups in total. The van der Waals surface area contributed by atoms with Crippen molar-refractivity contribution in [3.63, 3.8) is 0 Å². The van der Waals surface area contributed by atoms with E-state index in [1.165, 1.54) is 0 Å². The predicted molar refractivity (Wildman–Crippen MR) is 101 cm³/mol. The number of aromatic nitrogens is 2. The first-order valence-electron chi connectivity index (χ1n) is 8.52. The molecule has 0 aliphatic heterocycles. The largest absolute Gasteiger partial charge is 0.491 e. The Morgan fingerprint density at radius 1 is 1.08 bits per heavy atom. The van der Waals surface area contributed by atoms with Gasteiger partial charge in [0.15, 0.2) is 0 Å². The molecule has 132 valence electrons. The molecule has 0 unspecified atom stereocenters. The van der Waals surface area contributed by atoms with Crippen molar-refractivity contribution in [2.75, 3.05) is 0 Å². The molecule has 2 heterocycles. The van der Waals surface area contributed by atoms with Gasteiger partial charge in [-0.15, -0.1) is 0 Å². The standard InChI is InChI=1S/C21H21N3O2/c1-15(2)26-19-9-7-16(8-10-19)21(25)24-14-18-6-4-12-23-20(18)17-5-3-11-22-13-17/h3-13,15H,14H2,1-2H3,(H,24,25). The Kier molecular flexibility index (Phi) is 5.59. The van der Waals surface area contributed by atoms with Crippen LogP contribution in [0, 0.1) is 0 Å². The second kappa shape index (κ2) is 8.25. The fraction of sp³-hybridized carbons (Fsp3) is 0.190. The minimum Gasteiger partial charge on any atom is -0.491 e. The molecule has 0 aliphatic rings. The number of amides is 1. The van der Waals surface area contributed by atoms with Crippen molar-refractivity contribution in [2.24, 2.45) is 0 Å². The number of hydrogen-bond donors (Lipinski definition) is 1. The van der Waals surface area contributed by atoms with Crippen molar-refractivity contribution in [1.29, 1.82) is 0 Å². The van der Waals surface area contributed by atoms with Crippen LogP contribution in [0.5, 0.6) is 5.75 Å². The van der Waals surface area contributed by atoms with E-state index in [0.29, 0.717) is 12.1 Å². The summed E-state index contributed by atoms with van der Waals surface area (Å²) in [5.41, 5.74) is 3.27. The second-order valence-corrected chi connectivity index (χ2v) is 6.13. The van der Waals surface area contributed by atoms with E-state index in [9.17, 15) is 4.79 Å². The van der Waals surface area contributed by atoms with Crippen LogP contribution >= 0.6 is 0 Å². The van der Waals surface area contributed by atoms with E-state index in [2.05, 4.69) is 15.3 Å². The van der Waals surface area contributed by atoms with Crippen molar-refractivity contribution in [2.45, 2.75) is 26.5 Å². The summed E-state index contributed by atoms with van der Waals surface area (Å²) in [6.07, 6.45) is 5.33. The van der Waals surface area contributed by atoms with Crippen molar-refractivity contribution in [1.82, 2.24) is 15.3 Å². The van der Waals surface area contributed by atoms with Gasteiger partial charge in [-0.1, -0.05) is 6.07 Å². The quantitative estimate of drug-likeness (QED) is 0.735. The van der Waals surface area contributed by atoms with Crippen LogP contribution in [0.1, 0.15) is 29.8 Å². The highest BCUT2D eigenvalue weighted by atomic mass is 16.5. The van der Waals surface area contributed by atoms with Gasteiger partial charge >= 0.3 is 0 Å². The molecule has 2 aromatic heterocycles. The first-order chi connectivity index (χ1) is 12.6. The third-order valence-electron chi connectivity index (χ3n) is 3.75. The molecule has 1 aromatic carbocycles. The summed E-state index contributed by atoms with van der Waals surface area (Å²) in [5.74, 6) is 0.616. The average Bonchev–Trinajstić information content (AvgIpc) is 2.67. The number of benzene rings is 1. The Hall–Kier alpha value is -3.21. The number of nitrogens with zero attached hydrogens (tertiary/aromatic N) is 2. The van der Waals surface area contributed by atoms with E-state index < -0.39 is 0 Å². The summed E-state index contributed by atoms with van der Waals surface area (Å²) in [5, 5.41) is 2.95. The number of ether oxygens (including phenoxy) is 1. The third-order valence-corrected chi connectivity index (χ3v) is 3.75. The molecular weight excluding hydrogens is 326 g/mol. The van der Waals surface area contributed by atoms with Gasteiger partial charge in [-0.2, -0.15) is 0 Å². The summed E-state index contributed by atoms with van der Waals surface area (Å²) < 4.78 is 5.60. The Bertz CT molecular complexity index is 862. The van der Waals surface area contributed by atoms with Gasteiger partial charge in [-0.05, 0) is 61.9 Å². The van der Waals surface area contributed by atoms with E-state index in [-0.39, 0.29) is 12.0 Å². The lowest BCUT2D eigenvalue weighted by Gasteiger charge is -2.11. The topological polar surface area (TPSA) is 64.1 Å². The van der Waals surface area contributed by atoms with Crippen LogP contribution in [0.25, 0.3) is 11.3 Å². The number of hydrogen-bond acceptors (Lipinski definition) is 4. The van der Waals surface area contributed by atoms with E-state index in [0.717, 1.165) is 22.6 Å². The fourth-order valence-corrected chi connectivity index (χ4v) is 2.58. The maximum Gasteiger partial charge on any atom is 0.251 e. The Morgan fingerprint density at radius 2 is 1.85 bits per heavy atom. The molecule has 5 heteroatoms. The van der Waals surface area contributed by atoms with E-state index in [1.54, 1.807) is 42.9 Å².